The molecule has 114 valence electrons. The molecular weight excluding hydrogens is 311 g/mol. The summed E-state index contributed by atoms with van der Waals surface area (Å²) in [5.74, 6) is -2.22. The summed E-state index contributed by atoms with van der Waals surface area (Å²) in [6.07, 6.45) is -5.35. The van der Waals surface area contributed by atoms with Gasteiger partial charge < -0.3 is 15.0 Å². The number of aromatic amines is 1. The van der Waals surface area contributed by atoms with E-state index in [0.29, 0.717) is 5.57 Å². The summed E-state index contributed by atoms with van der Waals surface area (Å²) < 4.78 is 40.0. The molecule has 21 heavy (non-hydrogen) atoms. The van der Waals surface area contributed by atoms with Gasteiger partial charge >= 0.3 is 6.18 Å². The van der Waals surface area contributed by atoms with Crippen LogP contribution in [0.25, 0.3) is 0 Å². The summed E-state index contributed by atoms with van der Waals surface area (Å²) in [6, 6.07) is 0. The first kappa shape index (κ1) is 15.4. The molecule has 1 aromatic heterocycles. The van der Waals surface area contributed by atoms with Crippen molar-refractivity contribution in [1.82, 2.24) is 9.55 Å². The molecule has 1 atom stereocenters. The second-order valence-electron chi connectivity index (χ2n) is 4.69. The zero-order chi connectivity index (χ0) is 16.2. The summed E-state index contributed by atoms with van der Waals surface area (Å²) in [6.45, 7) is 5.15. The maximum atomic E-state index is 13.0. The van der Waals surface area contributed by atoms with Gasteiger partial charge in [0.15, 0.2) is 4.77 Å². The second-order valence-corrected chi connectivity index (χ2v) is 5.08. The number of allylic oxidation sites excluding steroid dienone is 1. The van der Waals surface area contributed by atoms with Gasteiger partial charge in [-0.2, -0.15) is 13.2 Å². The number of amides is 1. The number of nitrogens with one attached hydrogen (secondary N) is 2. The van der Waals surface area contributed by atoms with Crippen LogP contribution in [0.1, 0.15) is 12.5 Å². The molecule has 1 aliphatic heterocycles. The molecule has 2 rings (SSSR count). The maximum absolute atomic E-state index is 13.0. The van der Waals surface area contributed by atoms with Crippen LogP contribution in [0.3, 0.4) is 0 Å². The topological polar surface area (TPSA) is 87.1 Å². The van der Waals surface area contributed by atoms with E-state index in [0.717, 1.165) is 4.57 Å². The number of hydrogen-bond donors (Lipinski definition) is 3. The summed E-state index contributed by atoms with van der Waals surface area (Å²) >= 11 is 4.86. The van der Waals surface area contributed by atoms with Gasteiger partial charge in [-0.1, -0.05) is 12.2 Å². The van der Waals surface area contributed by atoms with Crippen LogP contribution in [0.5, 0.6) is 0 Å². The van der Waals surface area contributed by atoms with Crippen molar-refractivity contribution in [3.05, 3.63) is 32.8 Å². The molecule has 1 amide bonds. The molecule has 1 aromatic rings. The highest BCUT2D eigenvalue weighted by Gasteiger charge is 2.66. The van der Waals surface area contributed by atoms with E-state index in [9.17, 15) is 27.9 Å². The Morgan fingerprint density at radius 3 is 2.52 bits per heavy atom. The lowest BCUT2D eigenvalue weighted by Crippen LogP contribution is -2.50. The van der Waals surface area contributed by atoms with E-state index in [1.807, 2.05) is 10.3 Å². The van der Waals surface area contributed by atoms with Gasteiger partial charge in [-0.3, -0.25) is 14.6 Å². The van der Waals surface area contributed by atoms with Crippen molar-refractivity contribution in [2.75, 3.05) is 5.32 Å². The van der Waals surface area contributed by atoms with Crippen LogP contribution in [-0.4, -0.2) is 26.7 Å². The summed E-state index contributed by atoms with van der Waals surface area (Å²) in [5, 5.41) is 11.6. The predicted octanol–water partition coefficient (Wildman–Crippen LogP) is 1.18. The number of aliphatic hydroxyl groups is 1. The van der Waals surface area contributed by atoms with Gasteiger partial charge in [0.05, 0.1) is 0 Å². The number of alkyl halides is 3. The molecule has 0 fully saturated rings. The Bertz CT molecular complexity index is 765. The molecule has 0 saturated carbocycles. The third-order valence-corrected chi connectivity index (χ3v) is 3.28. The van der Waals surface area contributed by atoms with Crippen molar-refractivity contribution in [3.8, 4) is 0 Å². The van der Waals surface area contributed by atoms with Crippen molar-refractivity contribution < 1.29 is 23.1 Å². The number of halogens is 3. The fourth-order valence-corrected chi connectivity index (χ4v) is 2.29. The standard InChI is InChI=1S/C11H10F3N3O3S/c1-4(2)3-17-6-5(7(18)16-9(17)21)10(20,8(19)15-6)11(12,13)14/h20H,1,3H2,2H3,(H,15,19)(H,16,18,21)/t10-/m0/s1. The average Bonchev–Trinajstić information content (AvgIpc) is 2.58. The number of H-pyrrole nitrogens is 1. The van der Waals surface area contributed by atoms with Crippen LogP contribution < -0.4 is 10.9 Å². The molecule has 0 aliphatic carbocycles. The van der Waals surface area contributed by atoms with E-state index in [2.05, 4.69) is 6.58 Å². The second kappa shape index (κ2) is 4.53. The van der Waals surface area contributed by atoms with Gasteiger partial charge in [0.1, 0.15) is 11.4 Å². The highest BCUT2D eigenvalue weighted by atomic mass is 32.1. The van der Waals surface area contributed by atoms with E-state index in [-0.39, 0.29) is 11.3 Å². The number of carbonyl (C=O) groups is 1. The highest BCUT2D eigenvalue weighted by Crippen LogP contribution is 2.44. The lowest BCUT2D eigenvalue weighted by atomic mass is 9.97. The third kappa shape index (κ3) is 2.10. The number of hydrogen-bond acceptors (Lipinski definition) is 4. The summed E-state index contributed by atoms with van der Waals surface area (Å²) in [5.41, 5.74) is -5.77. The van der Waals surface area contributed by atoms with Crippen LogP contribution in [0.4, 0.5) is 19.0 Å². The lowest BCUT2D eigenvalue weighted by molar-refractivity contribution is -0.252. The molecule has 2 heterocycles. The minimum atomic E-state index is -5.35. The Kier molecular flexibility index (Phi) is 3.33. The molecule has 6 nitrogen and oxygen atoms in total. The molecule has 0 saturated heterocycles. The fourth-order valence-electron chi connectivity index (χ4n) is 2.04. The Morgan fingerprint density at radius 1 is 1.48 bits per heavy atom. The third-order valence-electron chi connectivity index (χ3n) is 2.96. The minimum Gasteiger partial charge on any atom is -0.368 e. The molecule has 1 aliphatic rings. The van der Waals surface area contributed by atoms with E-state index in [1.54, 1.807) is 6.92 Å². The maximum Gasteiger partial charge on any atom is 0.431 e. The molecule has 0 bridgehead atoms. The largest absolute Gasteiger partial charge is 0.431 e. The average molecular weight is 321 g/mol. The van der Waals surface area contributed by atoms with Gasteiger partial charge in [0.2, 0.25) is 0 Å². The van der Waals surface area contributed by atoms with Gasteiger partial charge in [-0.25, -0.2) is 0 Å². The van der Waals surface area contributed by atoms with Gasteiger partial charge in [-0.05, 0) is 19.1 Å². The van der Waals surface area contributed by atoms with E-state index < -0.39 is 34.6 Å². The monoisotopic (exact) mass is 321 g/mol. The number of carbonyl (C=O) groups excluding carboxylic acids is 1. The molecule has 0 radical (unpaired) electrons. The van der Waals surface area contributed by atoms with Crippen molar-refractivity contribution in [2.24, 2.45) is 0 Å². The summed E-state index contributed by atoms with van der Waals surface area (Å²) in [4.78, 5) is 25.4. The molecule has 0 aromatic carbocycles. The van der Waals surface area contributed by atoms with E-state index in [1.165, 1.54) is 0 Å². The van der Waals surface area contributed by atoms with E-state index in [4.69, 9.17) is 12.2 Å². The van der Waals surface area contributed by atoms with Crippen LogP contribution >= 0.6 is 12.2 Å². The minimum absolute atomic E-state index is 0.0217. The Labute approximate surface area is 120 Å². The molecule has 10 heteroatoms. The zero-order valence-corrected chi connectivity index (χ0v) is 11.5. The Hall–Kier alpha value is -1.94. The van der Waals surface area contributed by atoms with Crippen LogP contribution in [0, 0.1) is 4.77 Å². The predicted molar refractivity (Wildman–Crippen MR) is 69.3 cm³/mol. The van der Waals surface area contributed by atoms with E-state index >= 15 is 0 Å². The molecular formula is C11H10F3N3O3S. The first-order valence-electron chi connectivity index (χ1n) is 5.62. The number of anilines is 1. The zero-order valence-electron chi connectivity index (χ0n) is 10.7. The number of fused-ring (bicyclic) bond motifs is 1. The first-order valence-corrected chi connectivity index (χ1v) is 6.03. The quantitative estimate of drug-likeness (QED) is 0.564. The van der Waals surface area contributed by atoms with Crippen LogP contribution in [-0.2, 0) is 16.9 Å². The van der Waals surface area contributed by atoms with Crippen molar-refractivity contribution in [3.63, 3.8) is 0 Å². The Balaban J connectivity index is 2.85. The van der Waals surface area contributed by atoms with Crippen molar-refractivity contribution >= 4 is 23.9 Å². The van der Waals surface area contributed by atoms with Gasteiger partial charge in [-0.15, -0.1) is 0 Å². The summed E-state index contributed by atoms with van der Waals surface area (Å²) in [7, 11) is 0. The van der Waals surface area contributed by atoms with Crippen molar-refractivity contribution in [2.45, 2.75) is 25.2 Å². The van der Waals surface area contributed by atoms with Gasteiger partial charge in [0, 0.05) is 6.54 Å². The number of rotatable bonds is 2. The lowest BCUT2D eigenvalue weighted by Gasteiger charge is -2.22. The number of nitrogens with zero attached hydrogens (tertiary/aromatic N) is 1. The molecule has 0 spiro atoms. The smallest absolute Gasteiger partial charge is 0.368 e. The Morgan fingerprint density at radius 2 is 2.05 bits per heavy atom. The molecule has 0 unspecified atom stereocenters. The fraction of sp³-hybridized carbons (Fsp3) is 0.364. The van der Waals surface area contributed by atoms with Crippen LogP contribution in [0.15, 0.2) is 16.9 Å². The normalized spacial score (nSPS) is 21.1. The first-order chi connectivity index (χ1) is 9.50. The van der Waals surface area contributed by atoms with Crippen LogP contribution in [0.2, 0.25) is 0 Å². The molecule has 3 N–H and O–H groups in total. The van der Waals surface area contributed by atoms with Crippen molar-refractivity contribution in [1.29, 1.82) is 0 Å². The van der Waals surface area contributed by atoms with Gasteiger partial charge in [0.25, 0.3) is 17.1 Å². The number of aromatic nitrogens is 2. The SMILES string of the molecule is C=C(C)Cn1c2c(c(=O)[nH]c1=S)[C@@](O)(C(F)(F)F)C(=O)N2. The highest BCUT2D eigenvalue weighted by molar-refractivity contribution is 7.71.